The Kier molecular flexibility index (Phi) is 2.38. The number of aromatic nitrogens is 1. The molecule has 15 heavy (non-hydrogen) atoms. The van der Waals surface area contributed by atoms with E-state index in [2.05, 4.69) is 4.98 Å². The molecule has 0 saturated carbocycles. The molecule has 0 aliphatic heterocycles. The van der Waals surface area contributed by atoms with E-state index in [1.54, 1.807) is 18.4 Å². The van der Waals surface area contributed by atoms with Crippen LogP contribution >= 0.6 is 0 Å². The fraction of sp³-hybridized carbons (Fsp3) is 0.0909. The molecule has 0 aromatic carbocycles. The number of nitrogens with one attached hydrogen (secondary N) is 1. The second kappa shape index (κ2) is 3.84. The summed E-state index contributed by atoms with van der Waals surface area (Å²) in [6, 6.07) is 8.65. The minimum atomic E-state index is -0.360. The Balaban J connectivity index is 2.29. The molecule has 0 aliphatic carbocycles. The average molecular weight is 200 g/mol. The van der Waals surface area contributed by atoms with Gasteiger partial charge in [-0.25, -0.2) is 0 Å². The van der Waals surface area contributed by atoms with E-state index < -0.39 is 0 Å². The lowest BCUT2D eigenvalue weighted by atomic mass is 10.2. The summed E-state index contributed by atoms with van der Waals surface area (Å²) in [5.74, 6) is 0.773. The first-order chi connectivity index (χ1) is 7.29. The highest BCUT2D eigenvalue weighted by Crippen LogP contribution is 2.06. The van der Waals surface area contributed by atoms with Gasteiger partial charge in [-0.2, -0.15) is 5.26 Å². The number of pyridine rings is 1. The number of H-pyrrole nitrogens is 1. The molecule has 0 amide bonds. The Labute approximate surface area is 85.8 Å². The quantitative estimate of drug-likeness (QED) is 0.797. The zero-order valence-corrected chi connectivity index (χ0v) is 7.86. The fourth-order valence-corrected chi connectivity index (χ4v) is 1.31. The summed E-state index contributed by atoms with van der Waals surface area (Å²) in [6.45, 7) is 0. The van der Waals surface area contributed by atoms with Crippen molar-refractivity contribution in [2.45, 2.75) is 6.42 Å². The minimum absolute atomic E-state index is 0.123. The summed E-state index contributed by atoms with van der Waals surface area (Å²) in [5, 5.41) is 8.58. The Morgan fingerprint density at radius 3 is 2.87 bits per heavy atom. The van der Waals surface area contributed by atoms with Crippen LogP contribution in [0.1, 0.15) is 17.0 Å². The van der Waals surface area contributed by atoms with Crippen molar-refractivity contribution in [3.8, 4) is 6.07 Å². The number of rotatable bonds is 2. The first kappa shape index (κ1) is 9.28. The van der Waals surface area contributed by atoms with Crippen LogP contribution in [0.4, 0.5) is 0 Å². The Bertz CT molecular complexity index is 547. The fourth-order valence-electron chi connectivity index (χ4n) is 1.31. The minimum Gasteiger partial charge on any atom is -0.469 e. The highest BCUT2D eigenvalue weighted by atomic mass is 16.3. The normalized spacial score (nSPS) is 9.80. The van der Waals surface area contributed by atoms with E-state index in [0.29, 0.717) is 6.42 Å². The molecular formula is C11H8N2O2. The van der Waals surface area contributed by atoms with E-state index in [9.17, 15) is 4.79 Å². The summed E-state index contributed by atoms with van der Waals surface area (Å²) in [7, 11) is 0. The smallest absolute Gasteiger partial charge is 0.266 e. The SMILES string of the molecule is N#Cc1ccc(Cc2ccco2)[nH]c1=O. The van der Waals surface area contributed by atoms with Gasteiger partial charge in [-0.3, -0.25) is 4.79 Å². The third kappa shape index (κ3) is 1.97. The topological polar surface area (TPSA) is 69.8 Å². The predicted molar refractivity (Wildman–Crippen MR) is 53.3 cm³/mol. The lowest BCUT2D eigenvalue weighted by molar-refractivity contribution is 0.519. The van der Waals surface area contributed by atoms with Crippen molar-refractivity contribution in [2.24, 2.45) is 0 Å². The van der Waals surface area contributed by atoms with Gasteiger partial charge in [0, 0.05) is 12.1 Å². The van der Waals surface area contributed by atoms with Crippen molar-refractivity contribution in [3.63, 3.8) is 0 Å². The van der Waals surface area contributed by atoms with Gasteiger partial charge in [-0.1, -0.05) is 0 Å². The zero-order valence-electron chi connectivity index (χ0n) is 7.86. The summed E-state index contributed by atoms with van der Waals surface area (Å²) >= 11 is 0. The Hall–Kier alpha value is -2.28. The van der Waals surface area contributed by atoms with Crippen LogP contribution in [0.2, 0.25) is 0 Å². The van der Waals surface area contributed by atoms with Crippen molar-refractivity contribution < 1.29 is 4.42 Å². The highest BCUT2D eigenvalue weighted by Gasteiger charge is 2.02. The lowest BCUT2D eigenvalue weighted by Crippen LogP contribution is -2.11. The lowest BCUT2D eigenvalue weighted by Gasteiger charge is -1.97. The molecule has 2 aromatic rings. The zero-order chi connectivity index (χ0) is 10.7. The number of hydrogen-bond acceptors (Lipinski definition) is 3. The van der Waals surface area contributed by atoms with Crippen LogP contribution in [0.3, 0.4) is 0 Å². The van der Waals surface area contributed by atoms with Crippen LogP contribution < -0.4 is 5.56 Å². The molecule has 2 rings (SSSR count). The second-order valence-electron chi connectivity index (χ2n) is 3.09. The van der Waals surface area contributed by atoms with Gasteiger partial charge in [0.05, 0.1) is 6.26 Å². The van der Waals surface area contributed by atoms with Gasteiger partial charge in [-0.15, -0.1) is 0 Å². The molecule has 4 nitrogen and oxygen atoms in total. The molecule has 2 aromatic heterocycles. The van der Waals surface area contributed by atoms with Gasteiger partial charge in [0.25, 0.3) is 5.56 Å². The Morgan fingerprint density at radius 1 is 1.40 bits per heavy atom. The number of nitriles is 1. The molecule has 74 valence electrons. The molecule has 0 unspecified atom stereocenters. The molecule has 4 heteroatoms. The van der Waals surface area contributed by atoms with Gasteiger partial charge in [0.2, 0.25) is 0 Å². The summed E-state index contributed by atoms with van der Waals surface area (Å²) in [5.41, 5.74) is 0.494. The first-order valence-corrected chi connectivity index (χ1v) is 4.44. The maximum Gasteiger partial charge on any atom is 0.266 e. The van der Waals surface area contributed by atoms with E-state index in [0.717, 1.165) is 11.5 Å². The average Bonchev–Trinajstić information content (AvgIpc) is 2.71. The van der Waals surface area contributed by atoms with E-state index in [-0.39, 0.29) is 11.1 Å². The summed E-state index contributed by atoms with van der Waals surface area (Å²) < 4.78 is 5.15. The van der Waals surface area contributed by atoms with Crippen molar-refractivity contribution in [3.05, 3.63) is 57.9 Å². The Morgan fingerprint density at radius 2 is 2.27 bits per heavy atom. The van der Waals surface area contributed by atoms with Crippen LogP contribution in [-0.2, 0) is 6.42 Å². The molecule has 2 heterocycles. The van der Waals surface area contributed by atoms with E-state index >= 15 is 0 Å². The van der Waals surface area contributed by atoms with E-state index in [4.69, 9.17) is 9.68 Å². The van der Waals surface area contributed by atoms with Crippen LogP contribution in [0.5, 0.6) is 0 Å². The van der Waals surface area contributed by atoms with Crippen molar-refractivity contribution in [1.82, 2.24) is 4.98 Å². The van der Waals surface area contributed by atoms with Crippen molar-refractivity contribution in [2.75, 3.05) is 0 Å². The molecule has 1 N–H and O–H groups in total. The van der Waals surface area contributed by atoms with E-state index in [1.165, 1.54) is 6.07 Å². The number of hydrogen-bond donors (Lipinski definition) is 1. The molecule has 0 aliphatic rings. The maximum atomic E-state index is 11.3. The van der Waals surface area contributed by atoms with E-state index in [1.807, 2.05) is 12.1 Å². The summed E-state index contributed by atoms with van der Waals surface area (Å²) in [4.78, 5) is 13.9. The largest absolute Gasteiger partial charge is 0.469 e. The van der Waals surface area contributed by atoms with Gasteiger partial charge < -0.3 is 9.40 Å². The summed E-state index contributed by atoms with van der Waals surface area (Å²) in [6.07, 6.45) is 2.10. The monoisotopic (exact) mass is 200 g/mol. The first-order valence-electron chi connectivity index (χ1n) is 4.44. The molecular weight excluding hydrogens is 192 g/mol. The molecule has 0 fully saturated rings. The number of furan rings is 1. The number of aromatic amines is 1. The van der Waals surface area contributed by atoms with Crippen LogP contribution in [0.15, 0.2) is 39.7 Å². The van der Waals surface area contributed by atoms with Gasteiger partial charge in [0.15, 0.2) is 0 Å². The number of nitrogens with zero attached hydrogens (tertiary/aromatic N) is 1. The molecule has 0 radical (unpaired) electrons. The maximum absolute atomic E-state index is 11.3. The van der Waals surface area contributed by atoms with Gasteiger partial charge >= 0.3 is 0 Å². The van der Waals surface area contributed by atoms with Crippen LogP contribution in [0.25, 0.3) is 0 Å². The van der Waals surface area contributed by atoms with Crippen LogP contribution in [-0.4, -0.2) is 4.98 Å². The second-order valence-corrected chi connectivity index (χ2v) is 3.09. The molecule has 0 spiro atoms. The van der Waals surface area contributed by atoms with Crippen molar-refractivity contribution >= 4 is 0 Å². The predicted octanol–water partition coefficient (Wildman–Crippen LogP) is 1.43. The van der Waals surface area contributed by atoms with Gasteiger partial charge in [-0.05, 0) is 24.3 Å². The molecule has 0 saturated heterocycles. The standard InChI is InChI=1S/C11H8N2O2/c12-7-8-3-4-9(13-11(8)14)6-10-2-1-5-15-10/h1-5H,6H2,(H,13,14). The highest BCUT2D eigenvalue weighted by molar-refractivity contribution is 5.27. The third-order valence-electron chi connectivity index (χ3n) is 2.04. The van der Waals surface area contributed by atoms with Gasteiger partial charge in [0.1, 0.15) is 17.4 Å². The third-order valence-corrected chi connectivity index (χ3v) is 2.04. The van der Waals surface area contributed by atoms with Crippen molar-refractivity contribution in [1.29, 1.82) is 5.26 Å². The molecule has 0 atom stereocenters. The molecule has 0 bridgehead atoms. The van der Waals surface area contributed by atoms with Crippen LogP contribution in [0, 0.1) is 11.3 Å².